The lowest BCUT2D eigenvalue weighted by molar-refractivity contribution is -0.0583. The number of nitrogens with zero attached hydrogens (tertiary/aromatic N) is 2. The lowest BCUT2D eigenvalue weighted by atomic mass is 9.96. The van der Waals surface area contributed by atoms with Gasteiger partial charge < -0.3 is 14.6 Å². The van der Waals surface area contributed by atoms with Crippen molar-refractivity contribution in [2.24, 2.45) is 0 Å². The first-order valence-electron chi connectivity index (χ1n) is 7.82. The second kappa shape index (κ2) is 8.37. The van der Waals surface area contributed by atoms with Crippen molar-refractivity contribution in [3.05, 3.63) is 11.7 Å². The Hall–Kier alpha value is -0.940. The average Bonchev–Trinajstić information content (AvgIpc) is 2.91. The third-order valence-corrected chi connectivity index (χ3v) is 3.66. The molecule has 20 heavy (non-hydrogen) atoms. The van der Waals surface area contributed by atoms with Crippen LogP contribution in [0.1, 0.15) is 65.6 Å². The van der Waals surface area contributed by atoms with E-state index in [-0.39, 0.29) is 0 Å². The van der Waals surface area contributed by atoms with Gasteiger partial charge in [-0.25, -0.2) is 0 Å². The van der Waals surface area contributed by atoms with Gasteiger partial charge in [0.25, 0.3) is 0 Å². The van der Waals surface area contributed by atoms with Gasteiger partial charge in [-0.05, 0) is 39.7 Å². The molecule has 1 aromatic rings. The van der Waals surface area contributed by atoms with Crippen LogP contribution in [0.5, 0.6) is 0 Å². The van der Waals surface area contributed by atoms with Crippen molar-refractivity contribution in [2.45, 2.75) is 71.9 Å². The minimum Gasteiger partial charge on any atom is -0.367 e. The van der Waals surface area contributed by atoms with Crippen molar-refractivity contribution in [3.8, 4) is 0 Å². The summed E-state index contributed by atoms with van der Waals surface area (Å²) in [6.07, 6.45) is 3.57. The summed E-state index contributed by atoms with van der Waals surface area (Å²) >= 11 is 0. The highest BCUT2D eigenvalue weighted by atomic mass is 16.5. The van der Waals surface area contributed by atoms with Crippen LogP contribution in [0, 0.1) is 0 Å². The van der Waals surface area contributed by atoms with E-state index in [4.69, 9.17) is 9.26 Å². The first-order chi connectivity index (χ1) is 9.61. The summed E-state index contributed by atoms with van der Waals surface area (Å²) in [7, 11) is 0. The summed E-state index contributed by atoms with van der Waals surface area (Å²) in [6.45, 7) is 12.1. The smallest absolute Gasteiger partial charge is 0.228 e. The molecule has 1 atom stereocenters. The minimum atomic E-state index is -0.406. The maximum Gasteiger partial charge on any atom is 0.228 e. The molecule has 0 spiro atoms. The van der Waals surface area contributed by atoms with Crippen LogP contribution in [0.3, 0.4) is 0 Å². The highest BCUT2D eigenvalue weighted by molar-refractivity contribution is 5.01. The number of ether oxygens (including phenoxy) is 1. The largest absolute Gasteiger partial charge is 0.367 e. The van der Waals surface area contributed by atoms with Gasteiger partial charge in [0.2, 0.25) is 11.7 Å². The van der Waals surface area contributed by atoms with Crippen LogP contribution in [-0.2, 0) is 16.8 Å². The number of rotatable bonds is 10. The van der Waals surface area contributed by atoms with Gasteiger partial charge >= 0.3 is 0 Å². The van der Waals surface area contributed by atoms with Crippen LogP contribution in [-0.4, -0.2) is 29.3 Å². The van der Waals surface area contributed by atoms with Crippen LogP contribution < -0.4 is 5.32 Å². The molecule has 1 unspecified atom stereocenters. The molecule has 0 aliphatic carbocycles. The maximum atomic E-state index is 5.90. The van der Waals surface area contributed by atoms with Gasteiger partial charge in [-0.1, -0.05) is 25.9 Å². The Kier molecular flexibility index (Phi) is 7.16. The Morgan fingerprint density at radius 3 is 2.50 bits per heavy atom. The normalized spacial score (nSPS) is 13.7. The topological polar surface area (TPSA) is 60.2 Å². The molecule has 0 amide bonds. The molecule has 0 aromatic carbocycles. The van der Waals surface area contributed by atoms with Crippen LogP contribution >= 0.6 is 0 Å². The number of hydrogen-bond acceptors (Lipinski definition) is 5. The summed E-state index contributed by atoms with van der Waals surface area (Å²) in [4.78, 5) is 4.55. The molecule has 0 saturated heterocycles. The van der Waals surface area contributed by atoms with Gasteiger partial charge in [-0.2, -0.15) is 4.98 Å². The maximum absolute atomic E-state index is 5.90. The van der Waals surface area contributed by atoms with Crippen LogP contribution in [0.15, 0.2) is 4.52 Å². The lowest BCUT2D eigenvalue weighted by Crippen LogP contribution is -2.30. The van der Waals surface area contributed by atoms with Gasteiger partial charge in [0.1, 0.15) is 5.60 Å². The molecule has 0 fully saturated rings. The van der Waals surface area contributed by atoms with E-state index in [1.165, 1.54) is 0 Å². The monoisotopic (exact) mass is 283 g/mol. The Morgan fingerprint density at radius 1 is 1.25 bits per heavy atom. The number of hydrogen-bond donors (Lipinski definition) is 1. The second-order valence-electron chi connectivity index (χ2n) is 5.21. The standard InChI is InChI=1S/C15H29N3O2/c1-6-10-16-12(5)11-13-17-14(18-20-13)15(7-2,8-3)19-9-4/h12,16H,6-11H2,1-5H3. The molecule has 0 bridgehead atoms. The van der Waals surface area contributed by atoms with E-state index < -0.39 is 5.60 Å². The molecule has 0 aliphatic heterocycles. The molecule has 0 radical (unpaired) electrons. The zero-order chi connectivity index (χ0) is 15.0. The third-order valence-electron chi connectivity index (χ3n) is 3.66. The average molecular weight is 283 g/mol. The summed E-state index contributed by atoms with van der Waals surface area (Å²) in [5, 5.41) is 7.57. The molecular formula is C15H29N3O2. The van der Waals surface area contributed by atoms with E-state index in [9.17, 15) is 0 Å². The Labute approximate surface area is 122 Å². The van der Waals surface area contributed by atoms with Crippen LogP contribution in [0.2, 0.25) is 0 Å². The van der Waals surface area contributed by atoms with Gasteiger partial charge in [0.15, 0.2) is 0 Å². The van der Waals surface area contributed by atoms with Gasteiger partial charge in [0, 0.05) is 19.1 Å². The zero-order valence-corrected chi connectivity index (χ0v) is 13.5. The van der Waals surface area contributed by atoms with Crippen LogP contribution in [0.4, 0.5) is 0 Å². The number of nitrogens with one attached hydrogen (secondary N) is 1. The lowest BCUT2D eigenvalue weighted by Gasteiger charge is -2.27. The molecule has 5 heteroatoms. The first-order valence-corrected chi connectivity index (χ1v) is 7.82. The SMILES string of the molecule is CCCNC(C)Cc1nc(C(CC)(CC)OCC)no1. The molecule has 1 rings (SSSR count). The fraction of sp³-hybridized carbons (Fsp3) is 0.867. The van der Waals surface area contributed by atoms with Gasteiger partial charge in [0.05, 0.1) is 0 Å². The first kappa shape index (κ1) is 17.1. The third kappa shape index (κ3) is 4.28. The summed E-state index contributed by atoms with van der Waals surface area (Å²) in [6, 6.07) is 0.341. The summed E-state index contributed by atoms with van der Waals surface area (Å²) in [5.41, 5.74) is -0.406. The van der Waals surface area contributed by atoms with Crippen molar-refractivity contribution < 1.29 is 9.26 Å². The highest BCUT2D eigenvalue weighted by Gasteiger charge is 2.34. The Morgan fingerprint density at radius 2 is 1.95 bits per heavy atom. The molecule has 1 aromatic heterocycles. The van der Waals surface area contributed by atoms with E-state index in [0.29, 0.717) is 24.4 Å². The predicted molar refractivity (Wildman–Crippen MR) is 79.6 cm³/mol. The quantitative estimate of drug-likeness (QED) is 0.715. The second-order valence-corrected chi connectivity index (χ2v) is 5.21. The van der Waals surface area contributed by atoms with E-state index in [2.05, 4.69) is 43.2 Å². The van der Waals surface area contributed by atoms with Gasteiger partial charge in [-0.15, -0.1) is 0 Å². The van der Waals surface area contributed by atoms with E-state index >= 15 is 0 Å². The Bertz CT molecular complexity index is 375. The van der Waals surface area contributed by atoms with E-state index in [1.54, 1.807) is 0 Å². The molecular weight excluding hydrogens is 254 g/mol. The van der Waals surface area contributed by atoms with Crippen molar-refractivity contribution >= 4 is 0 Å². The van der Waals surface area contributed by atoms with Crippen molar-refractivity contribution in [3.63, 3.8) is 0 Å². The predicted octanol–water partition coefficient (Wildman–Crippen LogP) is 3.05. The molecule has 1 heterocycles. The molecule has 5 nitrogen and oxygen atoms in total. The minimum absolute atomic E-state index is 0.341. The molecule has 1 N–H and O–H groups in total. The molecule has 0 aliphatic rings. The zero-order valence-electron chi connectivity index (χ0n) is 13.5. The molecule has 0 saturated carbocycles. The summed E-state index contributed by atoms with van der Waals surface area (Å²) in [5.74, 6) is 1.36. The Balaban J connectivity index is 2.74. The van der Waals surface area contributed by atoms with E-state index in [1.807, 2.05) is 6.92 Å². The fourth-order valence-electron chi connectivity index (χ4n) is 2.36. The fourth-order valence-corrected chi connectivity index (χ4v) is 2.36. The van der Waals surface area contributed by atoms with E-state index in [0.717, 1.165) is 32.2 Å². The van der Waals surface area contributed by atoms with Gasteiger partial charge in [-0.3, -0.25) is 0 Å². The van der Waals surface area contributed by atoms with Crippen molar-refractivity contribution in [2.75, 3.05) is 13.2 Å². The summed E-state index contributed by atoms with van der Waals surface area (Å²) < 4.78 is 11.3. The number of aromatic nitrogens is 2. The molecule has 116 valence electrons. The highest BCUT2D eigenvalue weighted by Crippen LogP contribution is 2.30. The van der Waals surface area contributed by atoms with Crippen molar-refractivity contribution in [1.82, 2.24) is 15.5 Å². The van der Waals surface area contributed by atoms with Crippen LogP contribution in [0.25, 0.3) is 0 Å². The van der Waals surface area contributed by atoms with Crippen molar-refractivity contribution in [1.29, 1.82) is 0 Å².